The van der Waals surface area contributed by atoms with E-state index in [-0.39, 0.29) is 11.7 Å². The number of aromatic nitrogens is 3. The average molecular weight is 442 g/mol. The van der Waals surface area contributed by atoms with E-state index in [0.29, 0.717) is 36.7 Å². The van der Waals surface area contributed by atoms with Gasteiger partial charge >= 0.3 is 0 Å². The molecule has 1 aliphatic heterocycles. The van der Waals surface area contributed by atoms with E-state index in [2.05, 4.69) is 15.1 Å². The van der Waals surface area contributed by atoms with E-state index in [1.54, 1.807) is 23.8 Å². The molecule has 2 aromatic carbocycles. The number of ether oxygens (including phenoxy) is 1. The van der Waals surface area contributed by atoms with Crippen LogP contribution in [0.1, 0.15) is 6.42 Å². The molecule has 0 atom stereocenters. The van der Waals surface area contributed by atoms with Gasteiger partial charge in [0.25, 0.3) is 0 Å². The fourth-order valence-corrected chi connectivity index (χ4v) is 4.02. The summed E-state index contributed by atoms with van der Waals surface area (Å²) >= 11 is 5.33. The van der Waals surface area contributed by atoms with E-state index in [9.17, 15) is 9.18 Å². The molecule has 0 unspecified atom stereocenters. The third kappa shape index (κ3) is 4.61. The van der Waals surface area contributed by atoms with Gasteiger partial charge in [0.05, 0.1) is 12.8 Å². The molecular weight excluding hydrogens is 417 g/mol. The Balaban J connectivity index is 1.37. The smallest absolute Gasteiger partial charge is 0.224 e. The van der Waals surface area contributed by atoms with Gasteiger partial charge in [-0.3, -0.25) is 14.5 Å². The quantitative estimate of drug-likeness (QED) is 0.593. The summed E-state index contributed by atoms with van der Waals surface area (Å²) in [6, 6.07) is 14.0. The Morgan fingerprint density at radius 3 is 2.55 bits per heavy atom. The summed E-state index contributed by atoms with van der Waals surface area (Å²) in [6.45, 7) is 3.21. The molecule has 0 aliphatic carbocycles. The molecule has 7 nitrogen and oxygen atoms in total. The zero-order valence-electron chi connectivity index (χ0n) is 17.3. The average Bonchev–Trinajstić information content (AvgIpc) is 3.18. The van der Waals surface area contributed by atoms with Crippen molar-refractivity contribution in [3.05, 3.63) is 59.1 Å². The lowest BCUT2D eigenvalue weighted by atomic mass is 10.2. The number of amides is 1. The normalized spacial score (nSPS) is 14.0. The fourth-order valence-electron chi connectivity index (χ4n) is 3.80. The van der Waals surface area contributed by atoms with Gasteiger partial charge in [-0.1, -0.05) is 12.1 Å². The minimum Gasteiger partial charge on any atom is -0.495 e. The molecule has 9 heteroatoms. The van der Waals surface area contributed by atoms with Crippen LogP contribution < -0.4 is 9.64 Å². The summed E-state index contributed by atoms with van der Waals surface area (Å²) in [5, 5.41) is 7.01. The van der Waals surface area contributed by atoms with Crippen molar-refractivity contribution in [2.45, 2.75) is 13.0 Å². The number of anilines is 1. The molecule has 162 valence electrons. The molecule has 1 aromatic heterocycles. The number of rotatable bonds is 6. The molecule has 4 rings (SSSR count). The first-order valence-electron chi connectivity index (χ1n) is 10.1. The van der Waals surface area contributed by atoms with Crippen molar-refractivity contribution in [3.63, 3.8) is 0 Å². The molecule has 0 saturated carbocycles. The van der Waals surface area contributed by atoms with Gasteiger partial charge in [-0.25, -0.2) is 4.39 Å². The first kappa shape index (κ1) is 21.0. The molecule has 1 amide bonds. The Labute approximate surface area is 185 Å². The number of hydrogen-bond acceptors (Lipinski definition) is 5. The van der Waals surface area contributed by atoms with E-state index in [1.165, 1.54) is 12.1 Å². The van der Waals surface area contributed by atoms with Crippen LogP contribution in [0.3, 0.4) is 0 Å². The van der Waals surface area contributed by atoms with E-state index >= 15 is 0 Å². The topological polar surface area (TPSA) is 66.4 Å². The zero-order chi connectivity index (χ0) is 21.8. The molecule has 0 spiro atoms. The highest BCUT2D eigenvalue weighted by Crippen LogP contribution is 2.28. The van der Waals surface area contributed by atoms with E-state index < -0.39 is 0 Å². The third-order valence-corrected chi connectivity index (χ3v) is 5.78. The van der Waals surface area contributed by atoms with Gasteiger partial charge in [0.1, 0.15) is 11.6 Å². The van der Waals surface area contributed by atoms with Gasteiger partial charge < -0.3 is 14.5 Å². The second-order valence-corrected chi connectivity index (χ2v) is 7.69. The van der Waals surface area contributed by atoms with Crippen LogP contribution in [-0.2, 0) is 11.3 Å². The van der Waals surface area contributed by atoms with Gasteiger partial charge in [0, 0.05) is 44.7 Å². The number of nitrogens with zero attached hydrogens (tertiary/aromatic N) is 4. The maximum Gasteiger partial charge on any atom is 0.224 e. The number of carbonyl (C=O) groups excluding carboxylic acids is 1. The summed E-state index contributed by atoms with van der Waals surface area (Å²) in [5.41, 5.74) is 1.79. The highest BCUT2D eigenvalue weighted by atomic mass is 32.1. The standard InChI is InChI=1S/C22H24FN5O2S/c1-30-19-5-3-2-4-18(19)26-12-14-27(15-13-26)20(29)10-11-28-21(24-25-22(28)31)16-6-8-17(23)9-7-16/h2-9H,10-15H2,1H3,(H,25,31). The fraction of sp³-hybridized carbons (Fsp3) is 0.318. The number of methoxy groups -OCH3 is 1. The van der Waals surface area contributed by atoms with E-state index in [1.807, 2.05) is 29.2 Å². The number of benzene rings is 2. The molecule has 2 heterocycles. The van der Waals surface area contributed by atoms with Gasteiger partial charge in [-0.15, -0.1) is 0 Å². The molecule has 0 bridgehead atoms. The van der Waals surface area contributed by atoms with Crippen LogP contribution in [0.4, 0.5) is 10.1 Å². The zero-order valence-corrected chi connectivity index (χ0v) is 18.1. The number of piperazine rings is 1. The van der Waals surface area contributed by atoms with Crippen LogP contribution >= 0.6 is 12.2 Å². The molecule has 1 saturated heterocycles. The summed E-state index contributed by atoms with van der Waals surface area (Å²) < 4.78 is 20.9. The Bertz CT molecular complexity index is 1100. The summed E-state index contributed by atoms with van der Waals surface area (Å²) in [4.78, 5) is 16.9. The van der Waals surface area contributed by atoms with Gasteiger partial charge in [0.15, 0.2) is 10.6 Å². The van der Waals surface area contributed by atoms with Crippen molar-refractivity contribution in [2.75, 3.05) is 38.2 Å². The monoisotopic (exact) mass is 441 g/mol. The number of carbonyl (C=O) groups is 1. The number of halogens is 1. The molecule has 1 fully saturated rings. The lowest BCUT2D eigenvalue weighted by Crippen LogP contribution is -2.49. The van der Waals surface area contributed by atoms with Crippen molar-refractivity contribution in [1.82, 2.24) is 19.7 Å². The Hall–Kier alpha value is -3.20. The number of hydrogen-bond donors (Lipinski definition) is 1. The van der Waals surface area contributed by atoms with Gasteiger partial charge in [-0.2, -0.15) is 5.10 Å². The largest absolute Gasteiger partial charge is 0.495 e. The maximum absolute atomic E-state index is 13.2. The minimum absolute atomic E-state index is 0.0767. The lowest BCUT2D eigenvalue weighted by molar-refractivity contribution is -0.131. The molecule has 1 aliphatic rings. The van der Waals surface area contributed by atoms with Crippen molar-refractivity contribution in [2.24, 2.45) is 0 Å². The van der Waals surface area contributed by atoms with E-state index in [4.69, 9.17) is 17.0 Å². The molecule has 0 radical (unpaired) electrons. The van der Waals surface area contributed by atoms with Crippen LogP contribution in [0.25, 0.3) is 11.4 Å². The first-order valence-corrected chi connectivity index (χ1v) is 10.5. The van der Waals surface area contributed by atoms with Gasteiger partial charge in [0.2, 0.25) is 5.91 Å². The SMILES string of the molecule is COc1ccccc1N1CCN(C(=O)CCn2c(-c3ccc(F)cc3)n[nH]c2=S)CC1. The van der Waals surface area contributed by atoms with Crippen molar-refractivity contribution in [1.29, 1.82) is 0 Å². The Kier molecular flexibility index (Phi) is 6.31. The van der Waals surface area contributed by atoms with Crippen LogP contribution in [0.15, 0.2) is 48.5 Å². The summed E-state index contributed by atoms with van der Waals surface area (Å²) in [7, 11) is 1.67. The summed E-state index contributed by atoms with van der Waals surface area (Å²) in [5.74, 6) is 1.20. The van der Waals surface area contributed by atoms with Crippen LogP contribution in [0.2, 0.25) is 0 Å². The van der Waals surface area contributed by atoms with Crippen molar-refractivity contribution >= 4 is 23.8 Å². The highest BCUT2D eigenvalue weighted by molar-refractivity contribution is 7.71. The number of aromatic amines is 1. The predicted octanol–water partition coefficient (Wildman–Crippen LogP) is 3.49. The van der Waals surface area contributed by atoms with Crippen molar-refractivity contribution in [3.8, 4) is 17.1 Å². The molecular formula is C22H24FN5O2S. The lowest BCUT2D eigenvalue weighted by Gasteiger charge is -2.36. The van der Waals surface area contributed by atoms with Crippen LogP contribution in [-0.4, -0.2) is 58.9 Å². The maximum atomic E-state index is 13.2. The molecule has 31 heavy (non-hydrogen) atoms. The van der Waals surface area contributed by atoms with Crippen molar-refractivity contribution < 1.29 is 13.9 Å². The number of para-hydroxylation sites is 2. The second kappa shape index (κ2) is 9.30. The predicted molar refractivity (Wildman–Crippen MR) is 119 cm³/mol. The molecule has 3 aromatic rings. The third-order valence-electron chi connectivity index (χ3n) is 5.47. The van der Waals surface area contributed by atoms with Crippen LogP contribution in [0.5, 0.6) is 5.75 Å². The highest BCUT2D eigenvalue weighted by Gasteiger charge is 2.23. The Morgan fingerprint density at radius 2 is 1.84 bits per heavy atom. The second-order valence-electron chi connectivity index (χ2n) is 7.30. The van der Waals surface area contributed by atoms with E-state index in [0.717, 1.165) is 30.1 Å². The number of nitrogens with one attached hydrogen (secondary N) is 1. The summed E-state index contributed by atoms with van der Waals surface area (Å²) in [6.07, 6.45) is 0.316. The first-order chi connectivity index (χ1) is 15.1. The number of H-pyrrole nitrogens is 1. The van der Waals surface area contributed by atoms with Crippen LogP contribution in [0, 0.1) is 10.6 Å². The Morgan fingerprint density at radius 1 is 1.13 bits per heavy atom. The minimum atomic E-state index is -0.313. The van der Waals surface area contributed by atoms with Gasteiger partial charge in [-0.05, 0) is 48.6 Å². The molecule has 1 N–H and O–H groups in total.